The molecule has 1 aliphatic carbocycles. The minimum Gasteiger partial charge on any atom is -0.348 e. The predicted octanol–water partition coefficient (Wildman–Crippen LogP) is 4.45. The van der Waals surface area contributed by atoms with Crippen LogP contribution in [0.15, 0.2) is 73.4 Å². The molecule has 0 bridgehead atoms. The molecule has 1 aromatic carbocycles. The van der Waals surface area contributed by atoms with E-state index in [1.54, 1.807) is 18.5 Å². The number of amides is 1. The van der Waals surface area contributed by atoms with E-state index in [-0.39, 0.29) is 11.9 Å². The van der Waals surface area contributed by atoms with Gasteiger partial charge in [0.25, 0.3) is 5.91 Å². The second kappa shape index (κ2) is 12.8. The first-order valence-electron chi connectivity index (χ1n) is 13.0. The molecule has 0 fully saturated rings. The molecule has 3 heterocycles. The number of benzene rings is 1. The molecule has 5 rings (SSSR count). The molecule has 1 atom stereocenters. The number of pyridine rings is 2. The maximum absolute atomic E-state index is 12.6. The van der Waals surface area contributed by atoms with Gasteiger partial charge in [-0.25, -0.2) is 4.98 Å². The van der Waals surface area contributed by atoms with E-state index in [0.29, 0.717) is 23.7 Å². The largest absolute Gasteiger partial charge is 0.348 e. The van der Waals surface area contributed by atoms with Crippen LogP contribution < -0.4 is 10.6 Å². The van der Waals surface area contributed by atoms with Crippen molar-refractivity contribution < 1.29 is 4.79 Å². The molecule has 38 heavy (non-hydrogen) atoms. The van der Waals surface area contributed by atoms with Crippen molar-refractivity contribution >= 4 is 17.5 Å². The third-order valence-electron chi connectivity index (χ3n) is 6.88. The minimum absolute atomic E-state index is 0.211. The number of nitrogens with one attached hydrogen (secondary N) is 3. The zero-order valence-electron chi connectivity index (χ0n) is 21.2. The maximum Gasteiger partial charge on any atom is 0.253 e. The number of H-pyrrole nitrogens is 1. The number of hydrogen-bond donors (Lipinski definition) is 3. The number of aryl methyl sites for hydroxylation is 1. The van der Waals surface area contributed by atoms with Gasteiger partial charge in [0.15, 0.2) is 0 Å². The molecule has 0 spiro atoms. The molecule has 0 aliphatic heterocycles. The summed E-state index contributed by atoms with van der Waals surface area (Å²) in [4.78, 5) is 31.3. The van der Waals surface area contributed by atoms with E-state index in [1.807, 2.05) is 24.5 Å². The number of nitrogens with zero attached hydrogens (tertiary/aromatic N) is 4. The molecule has 3 N–H and O–H groups in total. The van der Waals surface area contributed by atoms with Gasteiger partial charge in [0, 0.05) is 57.2 Å². The molecule has 0 saturated heterocycles. The van der Waals surface area contributed by atoms with Gasteiger partial charge in [0.1, 0.15) is 5.82 Å². The quantitative estimate of drug-likeness (QED) is 0.248. The zero-order valence-corrected chi connectivity index (χ0v) is 22.0. The summed E-state index contributed by atoms with van der Waals surface area (Å²) in [5, 5.41) is 6.83. The smallest absolute Gasteiger partial charge is 0.253 e. The Morgan fingerprint density at radius 2 is 2.00 bits per heavy atom. The fourth-order valence-corrected chi connectivity index (χ4v) is 5.22. The van der Waals surface area contributed by atoms with Crippen LogP contribution in [0.3, 0.4) is 0 Å². The average molecular weight is 530 g/mol. The van der Waals surface area contributed by atoms with Crippen molar-refractivity contribution in [1.29, 1.82) is 0 Å². The lowest BCUT2D eigenvalue weighted by atomic mass is 9.90. The highest BCUT2D eigenvalue weighted by Crippen LogP contribution is 2.33. The first-order valence-corrected chi connectivity index (χ1v) is 13.4. The Morgan fingerprint density at radius 1 is 1.08 bits per heavy atom. The van der Waals surface area contributed by atoms with Crippen molar-refractivity contribution in [3.05, 3.63) is 112 Å². The lowest BCUT2D eigenvalue weighted by molar-refractivity contribution is 0.0951. The minimum atomic E-state index is -0.211. The molecule has 1 unspecified atom stereocenters. The molecular weight excluding hydrogens is 498 g/mol. The summed E-state index contributed by atoms with van der Waals surface area (Å²) in [6, 6.07) is 14.5. The van der Waals surface area contributed by atoms with Gasteiger partial charge in [-0.05, 0) is 48.1 Å². The number of carbonyl (C=O) groups excluding carboxylic acids is 1. The Balaban J connectivity index is 1.27. The number of carbonyl (C=O) groups is 1. The van der Waals surface area contributed by atoms with E-state index in [2.05, 4.69) is 54.8 Å². The molecule has 196 valence electrons. The lowest BCUT2D eigenvalue weighted by Crippen LogP contribution is -2.36. The number of aromatic nitrogens is 4. The van der Waals surface area contributed by atoms with Crippen molar-refractivity contribution in [3.8, 4) is 0 Å². The molecule has 8 nitrogen and oxygen atoms in total. The molecule has 0 saturated carbocycles. The van der Waals surface area contributed by atoms with Crippen LogP contribution in [0.25, 0.3) is 0 Å². The maximum atomic E-state index is 12.6. The van der Waals surface area contributed by atoms with E-state index in [9.17, 15) is 4.79 Å². The number of rotatable bonds is 11. The standard InChI is InChI=1S/C29H32ClN7O/c30-25-18-31-11-9-24(25)29(38)36-17-21-4-1-5-22(16-21)20-37(15-14-32-19-27-33-12-13-34-27)26-8-2-6-23-7-3-10-35-28(23)26/h1,3-5,7,9-13,16,18,26,32H,2,6,8,14-15,17,19-20H2,(H,33,34)(H,36,38). The van der Waals surface area contributed by atoms with Gasteiger partial charge >= 0.3 is 0 Å². The third kappa shape index (κ3) is 6.64. The SMILES string of the molecule is O=C(NCc1cccc(CN(CCNCc2ncc[nH]2)C2CCCc3cccnc32)c1)c1ccncc1Cl. The fourth-order valence-electron chi connectivity index (χ4n) is 5.02. The Morgan fingerprint density at radius 3 is 2.87 bits per heavy atom. The Hall–Kier alpha value is -3.59. The van der Waals surface area contributed by atoms with Crippen molar-refractivity contribution in [1.82, 2.24) is 35.5 Å². The van der Waals surface area contributed by atoms with Crippen LogP contribution in [0.2, 0.25) is 5.02 Å². The predicted molar refractivity (Wildman–Crippen MR) is 147 cm³/mol. The lowest BCUT2D eigenvalue weighted by Gasteiger charge is -2.35. The summed E-state index contributed by atoms with van der Waals surface area (Å²) in [5.74, 6) is 0.723. The first-order chi connectivity index (χ1) is 18.7. The van der Waals surface area contributed by atoms with Gasteiger partial charge in [-0.3, -0.25) is 19.7 Å². The Labute approximate surface area is 227 Å². The molecule has 4 aromatic rings. The Kier molecular flexibility index (Phi) is 8.75. The van der Waals surface area contributed by atoms with E-state index < -0.39 is 0 Å². The molecule has 9 heteroatoms. The van der Waals surface area contributed by atoms with Crippen LogP contribution >= 0.6 is 11.6 Å². The first kappa shape index (κ1) is 26.0. The number of imidazole rings is 1. The fraction of sp³-hybridized carbons (Fsp3) is 0.310. The summed E-state index contributed by atoms with van der Waals surface area (Å²) in [6.07, 6.45) is 11.9. The summed E-state index contributed by atoms with van der Waals surface area (Å²) >= 11 is 6.13. The summed E-state index contributed by atoms with van der Waals surface area (Å²) in [6.45, 7) is 3.63. The van der Waals surface area contributed by atoms with Crippen molar-refractivity contribution in [2.45, 2.75) is 44.9 Å². The molecule has 1 amide bonds. The van der Waals surface area contributed by atoms with Crippen molar-refractivity contribution in [3.63, 3.8) is 0 Å². The van der Waals surface area contributed by atoms with Crippen LogP contribution in [0.1, 0.15) is 57.5 Å². The van der Waals surface area contributed by atoms with Crippen molar-refractivity contribution in [2.75, 3.05) is 13.1 Å². The summed E-state index contributed by atoms with van der Waals surface area (Å²) in [7, 11) is 0. The third-order valence-corrected chi connectivity index (χ3v) is 7.18. The summed E-state index contributed by atoms with van der Waals surface area (Å²) < 4.78 is 0. The second-order valence-electron chi connectivity index (χ2n) is 9.50. The molecule has 1 aliphatic rings. The van der Waals surface area contributed by atoms with Crippen LogP contribution in [0, 0.1) is 0 Å². The normalized spacial score (nSPS) is 14.8. The molecule has 0 radical (unpaired) electrons. The zero-order chi connectivity index (χ0) is 26.2. The number of fused-ring (bicyclic) bond motifs is 1. The highest BCUT2D eigenvalue weighted by Gasteiger charge is 2.27. The van der Waals surface area contributed by atoms with Crippen LogP contribution in [-0.2, 0) is 26.1 Å². The van der Waals surface area contributed by atoms with Crippen LogP contribution in [-0.4, -0.2) is 43.8 Å². The highest BCUT2D eigenvalue weighted by atomic mass is 35.5. The average Bonchev–Trinajstić information content (AvgIpc) is 3.47. The highest BCUT2D eigenvalue weighted by molar-refractivity contribution is 6.33. The van der Waals surface area contributed by atoms with Crippen molar-refractivity contribution in [2.24, 2.45) is 0 Å². The number of halogens is 1. The van der Waals surface area contributed by atoms with Gasteiger partial charge in [0.05, 0.1) is 28.9 Å². The molecule has 3 aromatic heterocycles. The van der Waals surface area contributed by atoms with E-state index in [0.717, 1.165) is 50.3 Å². The molecular formula is C29H32ClN7O. The van der Waals surface area contributed by atoms with Gasteiger partial charge in [-0.1, -0.05) is 41.9 Å². The van der Waals surface area contributed by atoms with E-state index >= 15 is 0 Å². The van der Waals surface area contributed by atoms with Gasteiger partial charge in [-0.2, -0.15) is 0 Å². The van der Waals surface area contributed by atoms with Gasteiger partial charge < -0.3 is 15.6 Å². The monoisotopic (exact) mass is 529 g/mol. The van der Waals surface area contributed by atoms with Gasteiger partial charge in [0.2, 0.25) is 0 Å². The topological polar surface area (TPSA) is 98.8 Å². The second-order valence-corrected chi connectivity index (χ2v) is 9.90. The van der Waals surface area contributed by atoms with Crippen LogP contribution in [0.4, 0.5) is 0 Å². The van der Waals surface area contributed by atoms with E-state index in [4.69, 9.17) is 16.6 Å². The number of aromatic amines is 1. The summed E-state index contributed by atoms with van der Waals surface area (Å²) in [5.41, 5.74) is 5.22. The van der Waals surface area contributed by atoms with Gasteiger partial charge in [-0.15, -0.1) is 0 Å². The Bertz CT molecular complexity index is 1340. The van der Waals surface area contributed by atoms with Crippen LogP contribution in [0.5, 0.6) is 0 Å². The number of hydrogen-bond acceptors (Lipinski definition) is 6. The van der Waals surface area contributed by atoms with E-state index in [1.165, 1.54) is 23.0 Å².